The van der Waals surface area contributed by atoms with Crippen LogP contribution in [0.5, 0.6) is 0 Å². The lowest BCUT2D eigenvalue weighted by Gasteiger charge is -1.92. The molecule has 1 N–H and O–H groups in total. The number of nitrogens with zero attached hydrogens (tertiary/aromatic N) is 6. The van der Waals surface area contributed by atoms with Crippen LogP contribution in [-0.4, -0.2) is 35.4 Å². The number of fused-ring (bicyclic) bond motifs is 1. The maximum Gasteiger partial charge on any atom is 0.201 e. The highest BCUT2D eigenvalue weighted by atomic mass is 15.4. The molecule has 0 aliphatic heterocycles. The van der Waals surface area contributed by atoms with Crippen LogP contribution in [-0.2, 0) is 7.05 Å². The van der Waals surface area contributed by atoms with Crippen molar-refractivity contribution in [3.05, 3.63) is 18.5 Å². The highest BCUT2D eigenvalue weighted by molar-refractivity contribution is 5.75. The SMILES string of the molecule is Cn1cc(-c2cnc3n[nH]nc3c2)nn1. The summed E-state index contributed by atoms with van der Waals surface area (Å²) >= 11 is 0. The lowest BCUT2D eigenvalue weighted by molar-refractivity contribution is 0.715. The first-order chi connectivity index (χ1) is 7.33. The minimum Gasteiger partial charge on any atom is -0.255 e. The normalized spacial score (nSPS) is 11.0. The van der Waals surface area contributed by atoms with Gasteiger partial charge in [0.05, 0.1) is 6.20 Å². The lowest BCUT2D eigenvalue weighted by Crippen LogP contribution is -1.85. The van der Waals surface area contributed by atoms with Gasteiger partial charge in [0.1, 0.15) is 11.2 Å². The van der Waals surface area contributed by atoms with Crippen LogP contribution in [0.1, 0.15) is 0 Å². The predicted octanol–water partition coefficient (Wildman–Crippen LogP) is 0.148. The summed E-state index contributed by atoms with van der Waals surface area (Å²) in [5.74, 6) is 0. The molecular formula is C8H7N7. The molecule has 0 aliphatic carbocycles. The van der Waals surface area contributed by atoms with Crippen LogP contribution in [0.15, 0.2) is 18.5 Å². The van der Waals surface area contributed by atoms with E-state index in [4.69, 9.17) is 0 Å². The zero-order valence-corrected chi connectivity index (χ0v) is 7.92. The molecule has 0 atom stereocenters. The van der Waals surface area contributed by atoms with Crippen LogP contribution in [0.25, 0.3) is 22.4 Å². The van der Waals surface area contributed by atoms with Gasteiger partial charge in [0.2, 0.25) is 5.65 Å². The van der Waals surface area contributed by atoms with E-state index >= 15 is 0 Å². The number of aromatic nitrogens is 7. The van der Waals surface area contributed by atoms with Crippen molar-refractivity contribution >= 4 is 11.2 Å². The van der Waals surface area contributed by atoms with Crippen LogP contribution in [0.4, 0.5) is 0 Å². The molecule has 0 unspecified atom stereocenters. The predicted molar refractivity (Wildman–Crippen MR) is 51.7 cm³/mol. The molecule has 0 fully saturated rings. The Morgan fingerprint density at radius 1 is 1.33 bits per heavy atom. The molecule has 3 heterocycles. The van der Waals surface area contributed by atoms with Crippen LogP contribution in [0.3, 0.4) is 0 Å². The second-order valence-electron chi connectivity index (χ2n) is 3.17. The summed E-state index contributed by atoms with van der Waals surface area (Å²) in [5, 5.41) is 18.2. The number of aryl methyl sites for hydroxylation is 1. The summed E-state index contributed by atoms with van der Waals surface area (Å²) in [7, 11) is 1.82. The Hall–Kier alpha value is -2.31. The summed E-state index contributed by atoms with van der Waals surface area (Å²) in [4.78, 5) is 4.14. The van der Waals surface area contributed by atoms with Crippen LogP contribution in [0, 0.1) is 0 Å². The zero-order chi connectivity index (χ0) is 10.3. The van der Waals surface area contributed by atoms with Crippen molar-refractivity contribution in [2.45, 2.75) is 0 Å². The fourth-order valence-electron chi connectivity index (χ4n) is 1.36. The zero-order valence-electron chi connectivity index (χ0n) is 7.92. The Labute approximate surface area is 84.1 Å². The smallest absolute Gasteiger partial charge is 0.201 e. The van der Waals surface area contributed by atoms with Gasteiger partial charge in [-0.05, 0) is 6.07 Å². The third-order valence-electron chi connectivity index (χ3n) is 2.07. The molecule has 3 rings (SSSR count). The summed E-state index contributed by atoms with van der Waals surface area (Å²) in [6, 6.07) is 1.87. The van der Waals surface area contributed by atoms with Gasteiger partial charge in [-0.25, -0.2) is 4.98 Å². The van der Waals surface area contributed by atoms with Gasteiger partial charge in [-0.3, -0.25) is 4.68 Å². The molecule has 0 radical (unpaired) electrons. The van der Waals surface area contributed by atoms with E-state index in [0.717, 1.165) is 16.8 Å². The van der Waals surface area contributed by atoms with E-state index in [2.05, 4.69) is 30.7 Å². The fraction of sp³-hybridized carbons (Fsp3) is 0.125. The molecule has 0 saturated carbocycles. The van der Waals surface area contributed by atoms with Crippen molar-refractivity contribution in [2.24, 2.45) is 7.05 Å². The van der Waals surface area contributed by atoms with Gasteiger partial charge in [0.25, 0.3) is 0 Å². The Kier molecular flexibility index (Phi) is 1.52. The number of pyridine rings is 1. The van der Waals surface area contributed by atoms with Crippen LogP contribution in [0.2, 0.25) is 0 Å². The molecule has 0 saturated heterocycles. The molecule has 74 valence electrons. The standard InChI is InChI=1S/C8H7N7/c1-15-4-7(11-14-15)5-2-6-8(9-3-5)12-13-10-6/h2-4H,1H3,(H,9,10,12,13). The van der Waals surface area contributed by atoms with Gasteiger partial charge in [-0.1, -0.05) is 5.21 Å². The van der Waals surface area contributed by atoms with Crippen molar-refractivity contribution in [1.29, 1.82) is 0 Å². The first-order valence-corrected chi connectivity index (χ1v) is 4.36. The monoisotopic (exact) mass is 201 g/mol. The van der Waals surface area contributed by atoms with Gasteiger partial charge in [-0.2, -0.15) is 10.3 Å². The van der Waals surface area contributed by atoms with Crippen LogP contribution < -0.4 is 0 Å². The molecule has 3 aromatic rings. The van der Waals surface area contributed by atoms with E-state index in [1.165, 1.54) is 0 Å². The first kappa shape index (κ1) is 8.04. The van der Waals surface area contributed by atoms with E-state index in [1.807, 2.05) is 19.3 Å². The second-order valence-corrected chi connectivity index (χ2v) is 3.17. The average molecular weight is 201 g/mol. The van der Waals surface area contributed by atoms with E-state index in [1.54, 1.807) is 10.9 Å². The Morgan fingerprint density at radius 2 is 2.27 bits per heavy atom. The maximum atomic E-state index is 4.14. The second kappa shape index (κ2) is 2.84. The Balaban J connectivity index is 2.18. The first-order valence-electron chi connectivity index (χ1n) is 4.36. The number of hydrogen-bond acceptors (Lipinski definition) is 5. The molecule has 0 spiro atoms. The largest absolute Gasteiger partial charge is 0.255 e. The number of nitrogens with one attached hydrogen (secondary N) is 1. The quantitative estimate of drug-likeness (QED) is 0.605. The molecule has 7 nitrogen and oxygen atoms in total. The van der Waals surface area contributed by atoms with Gasteiger partial charge >= 0.3 is 0 Å². The Morgan fingerprint density at radius 3 is 3.07 bits per heavy atom. The van der Waals surface area contributed by atoms with Gasteiger partial charge in [0.15, 0.2) is 0 Å². The van der Waals surface area contributed by atoms with E-state index in [9.17, 15) is 0 Å². The number of rotatable bonds is 1. The number of aromatic amines is 1. The molecule has 0 aliphatic rings. The van der Waals surface area contributed by atoms with Gasteiger partial charge < -0.3 is 0 Å². The van der Waals surface area contributed by atoms with Crippen molar-refractivity contribution in [2.75, 3.05) is 0 Å². The fourth-order valence-corrected chi connectivity index (χ4v) is 1.36. The van der Waals surface area contributed by atoms with Crippen LogP contribution >= 0.6 is 0 Å². The number of H-pyrrole nitrogens is 1. The molecular weight excluding hydrogens is 194 g/mol. The average Bonchev–Trinajstić information content (AvgIpc) is 2.84. The van der Waals surface area contributed by atoms with Crippen molar-refractivity contribution in [3.8, 4) is 11.3 Å². The molecule has 15 heavy (non-hydrogen) atoms. The summed E-state index contributed by atoms with van der Waals surface area (Å²) in [5.41, 5.74) is 2.97. The molecule has 3 aromatic heterocycles. The molecule has 0 amide bonds. The van der Waals surface area contributed by atoms with E-state index in [0.29, 0.717) is 5.65 Å². The highest BCUT2D eigenvalue weighted by Gasteiger charge is 2.06. The third-order valence-corrected chi connectivity index (χ3v) is 2.07. The van der Waals surface area contributed by atoms with E-state index in [-0.39, 0.29) is 0 Å². The lowest BCUT2D eigenvalue weighted by atomic mass is 10.2. The third kappa shape index (κ3) is 1.25. The van der Waals surface area contributed by atoms with E-state index < -0.39 is 0 Å². The molecule has 7 heteroatoms. The van der Waals surface area contributed by atoms with Gasteiger partial charge in [0, 0.05) is 18.8 Å². The maximum absolute atomic E-state index is 4.14. The van der Waals surface area contributed by atoms with Crippen molar-refractivity contribution in [1.82, 2.24) is 35.4 Å². The van der Waals surface area contributed by atoms with Gasteiger partial charge in [-0.15, -0.1) is 10.2 Å². The minimum atomic E-state index is 0.600. The number of hydrogen-bond donors (Lipinski definition) is 1. The summed E-state index contributed by atoms with van der Waals surface area (Å²) in [6.07, 6.45) is 3.53. The molecule has 0 aromatic carbocycles. The van der Waals surface area contributed by atoms with Crippen molar-refractivity contribution < 1.29 is 0 Å². The van der Waals surface area contributed by atoms with Crippen molar-refractivity contribution in [3.63, 3.8) is 0 Å². The molecule has 0 bridgehead atoms. The topological polar surface area (TPSA) is 85.2 Å². The summed E-state index contributed by atoms with van der Waals surface area (Å²) < 4.78 is 1.64. The summed E-state index contributed by atoms with van der Waals surface area (Å²) in [6.45, 7) is 0. The Bertz CT molecular complexity index is 608. The highest BCUT2D eigenvalue weighted by Crippen LogP contribution is 2.17. The minimum absolute atomic E-state index is 0.600.